The third kappa shape index (κ3) is 6.80. The molecule has 0 aromatic heterocycles. The van der Waals surface area contributed by atoms with Gasteiger partial charge in [0, 0.05) is 12.1 Å². The molecule has 1 aliphatic carbocycles. The van der Waals surface area contributed by atoms with Crippen LogP contribution in [0.1, 0.15) is 79.1 Å². The van der Waals surface area contributed by atoms with Gasteiger partial charge in [-0.3, -0.25) is 5.32 Å². The van der Waals surface area contributed by atoms with Crippen molar-refractivity contribution in [2.24, 2.45) is 0 Å². The lowest BCUT2D eigenvalue weighted by atomic mass is 9.93. The molecule has 21 heavy (non-hydrogen) atoms. The van der Waals surface area contributed by atoms with E-state index >= 15 is 0 Å². The highest BCUT2D eigenvalue weighted by Crippen LogP contribution is 2.23. The van der Waals surface area contributed by atoms with Crippen molar-refractivity contribution in [3.05, 3.63) is 0 Å². The summed E-state index contributed by atoms with van der Waals surface area (Å²) in [5, 5.41) is 12.8. The summed E-state index contributed by atoms with van der Waals surface area (Å²) in [5.41, 5.74) is -0.365. The predicted molar refractivity (Wildman–Crippen MR) is 90.3 cm³/mol. The number of nitrogens with zero attached hydrogens (tertiary/aromatic N) is 2. The van der Waals surface area contributed by atoms with Crippen LogP contribution in [-0.2, 0) is 0 Å². The van der Waals surface area contributed by atoms with Gasteiger partial charge in [0.25, 0.3) is 0 Å². The van der Waals surface area contributed by atoms with Gasteiger partial charge in [-0.1, -0.05) is 26.2 Å². The molecule has 0 amide bonds. The second-order valence-corrected chi connectivity index (χ2v) is 7.12. The molecule has 0 saturated heterocycles. The zero-order valence-electron chi connectivity index (χ0n) is 14.6. The predicted octanol–water partition coefficient (Wildman–Crippen LogP) is 4.09. The Morgan fingerprint density at radius 3 is 2.43 bits per heavy atom. The second-order valence-electron chi connectivity index (χ2n) is 7.12. The Labute approximate surface area is 132 Å². The van der Waals surface area contributed by atoms with Crippen molar-refractivity contribution in [2.75, 3.05) is 13.1 Å². The maximum absolute atomic E-state index is 9.37. The number of nitrogens with one attached hydrogen (secondary N) is 1. The van der Waals surface area contributed by atoms with E-state index in [2.05, 4.69) is 37.1 Å². The Hall–Kier alpha value is -0.590. The minimum atomic E-state index is -0.365. The van der Waals surface area contributed by atoms with Gasteiger partial charge in [-0.05, 0) is 66.0 Å². The summed E-state index contributed by atoms with van der Waals surface area (Å²) in [6, 6.07) is 3.63. The van der Waals surface area contributed by atoms with Crippen molar-refractivity contribution in [3.8, 4) is 6.07 Å². The van der Waals surface area contributed by atoms with E-state index in [1.54, 1.807) is 0 Å². The van der Waals surface area contributed by atoms with E-state index in [4.69, 9.17) is 0 Å². The molecule has 1 N–H and O–H groups in total. The monoisotopic (exact) mass is 293 g/mol. The molecule has 3 nitrogen and oxygen atoms in total. The molecule has 1 aliphatic rings. The summed E-state index contributed by atoms with van der Waals surface area (Å²) in [6.45, 7) is 10.9. The molecular formula is C18H35N3. The largest absolute Gasteiger partial charge is 0.301 e. The van der Waals surface area contributed by atoms with E-state index in [1.165, 1.54) is 51.6 Å². The van der Waals surface area contributed by atoms with Crippen LogP contribution in [0.4, 0.5) is 0 Å². The normalized spacial score (nSPS) is 19.7. The Kier molecular flexibility index (Phi) is 8.29. The third-order valence-electron chi connectivity index (χ3n) is 4.72. The standard InChI is InChI=1S/C18H35N3/c1-5-21(17-11-7-6-8-12-17)14-10-9-13-18(4,15-19)20-16(2)3/h16-17,20H,5-14H2,1-4H3. The molecule has 0 radical (unpaired) electrons. The number of hydrogen-bond acceptors (Lipinski definition) is 3. The second kappa shape index (κ2) is 9.43. The molecule has 122 valence electrons. The average Bonchev–Trinajstić information content (AvgIpc) is 2.47. The molecule has 1 unspecified atom stereocenters. The van der Waals surface area contributed by atoms with Crippen LogP contribution < -0.4 is 5.32 Å². The number of rotatable bonds is 9. The lowest BCUT2D eigenvalue weighted by Gasteiger charge is -2.34. The minimum absolute atomic E-state index is 0.365. The maximum Gasteiger partial charge on any atom is 0.104 e. The van der Waals surface area contributed by atoms with E-state index in [0.717, 1.165) is 18.9 Å². The lowest BCUT2D eigenvalue weighted by Crippen LogP contribution is -2.45. The summed E-state index contributed by atoms with van der Waals surface area (Å²) >= 11 is 0. The quantitative estimate of drug-likeness (QED) is 0.651. The lowest BCUT2D eigenvalue weighted by molar-refractivity contribution is 0.159. The van der Waals surface area contributed by atoms with E-state index in [1.807, 2.05) is 6.92 Å². The molecular weight excluding hydrogens is 258 g/mol. The van der Waals surface area contributed by atoms with Gasteiger partial charge in [0.15, 0.2) is 0 Å². The van der Waals surface area contributed by atoms with Crippen LogP contribution in [0.5, 0.6) is 0 Å². The molecule has 0 aromatic carbocycles. The molecule has 1 atom stereocenters. The van der Waals surface area contributed by atoms with Crippen molar-refractivity contribution >= 4 is 0 Å². The van der Waals surface area contributed by atoms with Gasteiger partial charge in [0.1, 0.15) is 5.54 Å². The molecule has 1 rings (SSSR count). The Morgan fingerprint density at radius 2 is 1.90 bits per heavy atom. The highest BCUT2D eigenvalue weighted by molar-refractivity contribution is 5.04. The molecule has 0 bridgehead atoms. The van der Waals surface area contributed by atoms with Crippen LogP contribution in [0.25, 0.3) is 0 Å². The molecule has 0 heterocycles. The SMILES string of the molecule is CCN(CCCCC(C)(C#N)NC(C)C)C1CCCCC1. The molecule has 1 fully saturated rings. The van der Waals surface area contributed by atoms with Crippen LogP contribution in [-0.4, -0.2) is 35.6 Å². The van der Waals surface area contributed by atoms with E-state index in [0.29, 0.717) is 6.04 Å². The van der Waals surface area contributed by atoms with E-state index in [-0.39, 0.29) is 5.54 Å². The first-order valence-corrected chi connectivity index (χ1v) is 8.93. The summed E-state index contributed by atoms with van der Waals surface area (Å²) in [5.74, 6) is 0. The van der Waals surface area contributed by atoms with Crippen molar-refractivity contribution < 1.29 is 0 Å². The Balaban J connectivity index is 2.29. The first-order chi connectivity index (χ1) is 10.0. The molecule has 0 aliphatic heterocycles. The van der Waals surface area contributed by atoms with Gasteiger partial charge in [-0.25, -0.2) is 0 Å². The maximum atomic E-state index is 9.37. The van der Waals surface area contributed by atoms with Crippen LogP contribution >= 0.6 is 0 Å². The topological polar surface area (TPSA) is 39.1 Å². The van der Waals surface area contributed by atoms with Gasteiger partial charge >= 0.3 is 0 Å². The summed E-state index contributed by atoms with van der Waals surface area (Å²) in [7, 11) is 0. The van der Waals surface area contributed by atoms with Gasteiger partial charge in [0.2, 0.25) is 0 Å². The number of unbranched alkanes of at least 4 members (excludes halogenated alkanes) is 1. The first-order valence-electron chi connectivity index (χ1n) is 8.93. The van der Waals surface area contributed by atoms with Crippen LogP contribution in [0.15, 0.2) is 0 Å². The summed E-state index contributed by atoms with van der Waals surface area (Å²) < 4.78 is 0. The van der Waals surface area contributed by atoms with Gasteiger partial charge in [-0.2, -0.15) is 5.26 Å². The van der Waals surface area contributed by atoms with Crippen molar-refractivity contribution in [3.63, 3.8) is 0 Å². The zero-order chi connectivity index (χ0) is 15.7. The Bertz CT molecular complexity index is 315. The first kappa shape index (κ1) is 18.5. The van der Waals surface area contributed by atoms with Crippen LogP contribution in [0.2, 0.25) is 0 Å². The highest BCUT2D eigenvalue weighted by atomic mass is 15.1. The highest BCUT2D eigenvalue weighted by Gasteiger charge is 2.24. The molecule has 0 aromatic rings. The third-order valence-corrected chi connectivity index (χ3v) is 4.72. The molecule has 0 spiro atoms. The zero-order valence-corrected chi connectivity index (χ0v) is 14.6. The number of hydrogen-bond donors (Lipinski definition) is 1. The van der Waals surface area contributed by atoms with Gasteiger partial charge < -0.3 is 4.90 Å². The van der Waals surface area contributed by atoms with Crippen LogP contribution in [0.3, 0.4) is 0 Å². The Morgan fingerprint density at radius 1 is 1.24 bits per heavy atom. The fourth-order valence-corrected chi connectivity index (χ4v) is 3.64. The summed E-state index contributed by atoms with van der Waals surface area (Å²) in [6.07, 6.45) is 10.3. The summed E-state index contributed by atoms with van der Waals surface area (Å²) in [4.78, 5) is 2.67. The molecule has 3 heteroatoms. The van der Waals surface area contributed by atoms with Crippen molar-refractivity contribution in [2.45, 2.75) is 96.7 Å². The molecule has 1 saturated carbocycles. The number of nitriles is 1. The van der Waals surface area contributed by atoms with Gasteiger partial charge in [-0.15, -0.1) is 0 Å². The fourth-order valence-electron chi connectivity index (χ4n) is 3.64. The smallest absolute Gasteiger partial charge is 0.104 e. The van der Waals surface area contributed by atoms with E-state index < -0.39 is 0 Å². The van der Waals surface area contributed by atoms with E-state index in [9.17, 15) is 5.26 Å². The van der Waals surface area contributed by atoms with Crippen molar-refractivity contribution in [1.29, 1.82) is 5.26 Å². The average molecular weight is 293 g/mol. The minimum Gasteiger partial charge on any atom is -0.301 e. The van der Waals surface area contributed by atoms with Crippen molar-refractivity contribution in [1.82, 2.24) is 10.2 Å². The van der Waals surface area contributed by atoms with Gasteiger partial charge in [0.05, 0.1) is 6.07 Å². The fraction of sp³-hybridized carbons (Fsp3) is 0.944. The van der Waals surface area contributed by atoms with Crippen LogP contribution in [0, 0.1) is 11.3 Å².